The Labute approximate surface area is 107 Å². The molecule has 5 heteroatoms. The van der Waals surface area contributed by atoms with Crippen LogP contribution in [-0.4, -0.2) is 41.5 Å². The van der Waals surface area contributed by atoms with E-state index in [1.165, 1.54) is 0 Å². The molecule has 1 aromatic heterocycles. The first-order valence-corrected chi connectivity index (χ1v) is 6.43. The van der Waals surface area contributed by atoms with Crippen LogP contribution in [0.2, 0.25) is 0 Å². The Morgan fingerprint density at radius 3 is 3.22 bits per heavy atom. The van der Waals surface area contributed by atoms with Crippen LogP contribution in [0.15, 0.2) is 18.3 Å². The van der Waals surface area contributed by atoms with E-state index >= 15 is 0 Å². The van der Waals surface area contributed by atoms with Gasteiger partial charge < -0.3 is 16.0 Å². The minimum absolute atomic E-state index is 0.134. The highest BCUT2D eigenvalue weighted by Gasteiger charge is 2.21. The van der Waals surface area contributed by atoms with E-state index in [4.69, 9.17) is 5.73 Å². The molecule has 18 heavy (non-hydrogen) atoms. The number of nitrogen functional groups attached to an aromatic ring is 1. The predicted octanol–water partition coefficient (Wildman–Crippen LogP) is 0.878. The van der Waals surface area contributed by atoms with Crippen LogP contribution in [0, 0.1) is 0 Å². The highest BCUT2D eigenvalue weighted by Crippen LogP contribution is 2.10. The summed E-state index contributed by atoms with van der Waals surface area (Å²) in [6.45, 7) is 5.22. The third-order valence-corrected chi connectivity index (χ3v) is 3.30. The van der Waals surface area contributed by atoms with E-state index in [0.29, 0.717) is 11.4 Å². The number of likely N-dealkylation sites (tertiary alicyclic amines) is 1. The first-order chi connectivity index (χ1) is 8.69. The Balaban J connectivity index is 1.95. The third kappa shape index (κ3) is 3.20. The third-order valence-electron chi connectivity index (χ3n) is 3.30. The zero-order valence-electron chi connectivity index (χ0n) is 10.7. The number of nitrogens with two attached hydrogens (primary N) is 1. The minimum atomic E-state index is -0.134. The molecule has 0 spiro atoms. The summed E-state index contributed by atoms with van der Waals surface area (Å²) in [5.74, 6) is -0.134. The Hall–Kier alpha value is -1.62. The average molecular weight is 248 g/mol. The van der Waals surface area contributed by atoms with Gasteiger partial charge in [-0.05, 0) is 38.1 Å². The van der Waals surface area contributed by atoms with Crippen LogP contribution in [0.4, 0.5) is 5.69 Å². The number of piperidine rings is 1. The standard InChI is InChI=1S/C13H20N4O/c1-2-17-7-3-4-11(9-17)16-13(18)12-8-10(14)5-6-15-12/h5-6,8,11H,2-4,7,9H2,1H3,(H2,14,15)(H,16,18). The zero-order chi connectivity index (χ0) is 13.0. The molecule has 0 bridgehead atoms. The predicted molar refractivity (Wildman–Crippen MR) is 71.3 cm³/mol. The molecule has 2 rings (SSSR count). The van der Waals surface area contributed by atoms with Gasteiger partial charge in [-0.1, -0.05) is 6.92 Å². The lowest BCUT2D eigenvalue weighted by molar-refractivity contribution is 0.0901. The van der Waals surface area contributed by atoms with Crippen LogP contribution >= 0.6 is 0 Å². The second-order valence-electron chi connectivity index (χ2n) is 4.68. The summed E-state index contributed by atoms with van der Waals surface area (Å²) in [5.41, 5.74) is 6.60. The number of nitrogens with zero attached hydrogens (tertiary/aromatic N) is 2. The van der Waals surface area contributed by atoms with Gasteiger partial charge in [0.1, 0.15) is 5.69 Å². The van der Waals surface area contributed by atoms with Gasteiger partial charge in [-0.25, -0.2) is 0 Å². The highest BCUT2D eigenvalue weighted by atomic mass is 16.1. The van der Waals surface area contributed by atoms with Gasteiger partial charge in [-0.15, -0.1) is 0 Å². The summed E-state index contributed by atoms with van der Waals surface area (Å²) in [7, 11) is 0. The van der Waals surface area contributed by atoms with E-state index in [2.05, 4.69) is 22.1 Å². The quantitative estimate of drug-likeness (QED) is 0.833. The maximum atomic E-state index is 12.0. The van der Waals surface area contributed by atoms with Gasteiger partial charge in [0, 0.05) is 24.5 Å². The molecule has 0 aromatic carbocycles. The second-order valence-corrected chi connectivity index (χ2v) is 4.68. The first-order valence-electron chi connectivity index (χ1n) is 6.43. The number of pyridine rings is 1. The monoisotopic (exact) mass is 248 g/mol. The molecule has 3 N–H and O–H groups in total. The van der Waals surface area contributed by atoms with E-state index < -0.39 is 0 Å². The maximum absolute atomic E-state index is 12.0. The Bertz CT molecular complexity index is 421. The molecule has 1 aliphatic heterocycles. The van der Waals surface area contributed by atoms with Gasteiger partial charge in [-0.3, -0.25) is 9.78 Å². The van der Waals surface area contributed by atoms with Crippen molar-refractivity contribution in [3.63, 3.8) is 0 Å². The topological polar surface area (TPSA) is 71.2 Å². The fraction of sp³-hybridized carbons (Fsp3) is 0.538. The molecule has 1 aromatic rings. The van der Waals surface area contributed by atoms with Gasteiger partial charge in [0.25, 0.3) is 5.91 Å². The summed E-state index contributed by atoms with van der Waals surface area (Å²) in [5, 5.41) is 3.03. The maximum Gasteiger partial charge on any atom is 0.270 e. The minimum Gasteiger partial charge on any atom is -0.399 e. The van der Waals surface area contributed by atoms with Crippen LogP contribution in [0.3, 0.4) is 0 Å². The average Bonchev–Trinajstić information content (AvgIpc) is 2.39. The van der Waals surface area contributed by atoms with Crippen LogP contribution < -0.4 is 11.1 Å². The zero-order valence-corrected chi connectivity index (χ0v) is 10.7. The Morgan fingerprint density at radius 2 is 2.50 bits per heavy atom. The van der Waals surface area contributed by atoms with Crippen molar-refractivity contribution in [2.45, 2.75) is 25.8 Å². The fourth-order valence-electron chi connectivity index (χ4n) is 2.29. The summed E-state index contributed by atoms with van der Waals surface area (Å²) >= 11 is 0. The molecule has 0 saturated carbocycles. The molecule has 1 atom stereocenters. The molecule has 0 aliphatic carbocycles. The largest absolute Gasteiger partial charge is 0.399 e. The number of carbonyl (C=O) groups is 1. The number of hydrogen-bond donors (Lipinski definition) is 2. The van der Waals surface area contributed by atoms with Crippen LogP contribution in [0.25, 0.3) is 0 Å². The van der Waals surface area contributed by atoms with Crippen molar-refractivity contribution >= 4 is 11.6 Å². The smallest absolute Gasteiger partial charge is 0.270 e. The first kappa shape index (κ1) is 12.8. The van der Waals surface area contributed by atoms with E-state index in [9.17, 15) is 4.79 Å². The molecule has 1 fully saturated rings. The number of carbonyl (C=O) groups excluding carboxylic acids is 1. The summed E-state index contributed by atoms with van der Waals surface area (Å²) in [6.07, 6.45) is 3.72. The number of amides is 1. The number of nitrogens with one attached hydrogen (secondary N) is 1. The summed E-state index contributed by atoms with van der Waals surface area (Å²) < 4.78 is 0. The van der Waals surface area contributed by atoms with Gasteiger partial charge in [0.05, 0.1) is 0 Å². The molecule has 1 unspecified atom stereocenters. The van der Waals surface area contributed by atoms with Crippen molar-refractivity contribution in [2.75, 3.05) is 25.4 Å². The number of aromatic nitrogens is 1. The molecule has 1 aliphatic rings. The molecule has 1 amide bonds. The van der Waals surface area contributed by atoms with Crippen molar-refractivity contribution < 1.29 is 4.79 Å². The van der Waals surface area contributed by atoms with E-state index in [0.717, 1.165) is 32.5 Å². The van der Waals surface area contributed by atoms with E-state index in [1.54, 1.807) is 18.3 Å². The van der Waals surface area contributed by atoms with Crippen molar-refractivity contribution in [3.8, 4) is 0 Å². The van der Waals surface area contributed by atoms with Gasteiger partial charge >= 0.3 is 0 Å². The summed E-state index contributed by atoms with van der Waals surface area (Å²) in [4.78, 5) is 18.4. The lowest BCUT2D eigenvalue weighted by Crippen LogP contribution is -2.47. The Kier molecular flexibility index (Phi) is 4.15. The molecule has 1 saturated heterocycles. The van der Waals surface area contributed by atoms with Crippen molar-refractivity contribution in [1.29, 1.82) is 0 Å². The SMILES string of the molecule is CCN1CCCC(NC(=O)c2cc(N)ccn2)C1. The number of hydrogen-bond acceptors (Lipinski definition) is 4. The summed E-state index contributed by atoms with van der Waals surface area (Å²) in [6, 6.07) is 3.50. The van der Waals surface area contributed by atoms with Crippen molar-refractivity contribution in [1.82, 2.24) is 15.2 Å². The number of likely N-dealkylation sites (N-methyl/N-ethyl adjacent to an activating group) is 1. The van der Waals surface area contributed by atoms with Crippen LogP contribution in [0.1, 0.15) is 30.3 Å². The highest BCUT2D eigenvalue weighted by molar-refractivity contribution is 5.93. The van der Waals surface area contributed by atoms with Crippen LogP contribution in [0.5, 0.6) is 0 Å². The molecule has 5 nitrogen and oxygen atoms in total. The molecule has 98 valence electrons. The molecular formula is C13H20N4O. The van der Waals surface area contributed by atoms with E-state index in [-0.39, 0.29) is 11.9 Å². The Morgan fingerprint density at radius 1 is 1.67 bits per heavy atom. The van der Waals surface area contributed by atoms with Gasteiger partial charge in [-0.2, -0.15) is 0 Å². The van der Waals surface area contributed by atoms with Crippen molar-refractivity contribution in [2.24, 2.45) is 0 Å². The van der Waals surface area contributed by atoms with Crippen LogP contribution in [-0.2, 0) is 0 Å². The van der Waals surface area contributed by atoms with Gasteiger partial charge in [0.2, 0.25) is 0 Å². The molecular weight excluding hydrogens is 228 g/mol. The second kappa shape index (κ2) is 5.82. The van der Waals surface area contributed by atoms with Gasteiger partial charge in [0.15, 0.2) is 0 Å². The molecule has 2 heterocycles. The number of rotatable bonds is 3. The molecule has 0 radical (unpaired) electrons. The normalized spacial score (nSPS) is 20.6. The van der Waals surface area contributed by atoms with Crippen molar-refractivity contribution in [3.05, 3.63) is 24.0 Å². The lowest BCUT2D eigenvalue weighted by Gasteiger charge is -2.32. The number of anilines is 1. The lowest BCUT2D eigenvalue weighted by atomic mass is 10.1. The van der Waals surface area contributed by atoms with E-state index in [1.807, 2.05) is 0 Å². The fourth-order valence-corrected chi connectivity index (χ4v) is 2.29.